The molecule has 1 aromatic rings. The Morgan fingerprint density at radius 1 is 1.41 bits per heavy atom. The highest BCUT2D eigenvalue weighted by atomic mass is 35.5. The van der Waals surface area contributed by atoms with Gasteiger partial charge in [-0.3, -0.25) is 10.2 Å². The number of thioether (sulfide) groups is 1. The van der Waals surface area contributed by atoms with Gasteiger partial charge in [-0.25, -0.2) is 4.98 Å². The number of aromatic nitrogens is 2. The highest BCUT2D eigenvalue weighted by Gasteiger charge is 2.30. The molecule has 0 spiro atoms. The molecule has 1 aliphatic heterocycles. The average Bonchev–Trinajstić information content (AvgIpc) is 3.63. The Kier molecular flexibility index (Phi) is 8.90. The van der Waals surface area contributed by atoms with E-state index in [-0.39, 0.29) is 39.2 Å². The molecular formula is C22H28ClN9OS. The molecular weight excluding hydrogens is 474 g/mol. The molecule has 1 amide bonds. The van der Waals surface area contributed by atoms with Crippen molar-refractivity contribution < 1.29 is 4.79 Å². The van der Waals surface area contributed by atoms with E-state index < -0.39 is 0 Å². The Bertz CT molecular complexity index is 1060. The number of rotatable bonds is 10. The Morgan fingerprint density at radius 2 is 2.18 bits per heavy atom. The summed E-state index contributed by atoms with van der Waals surface area (Å²) in [6.45, 7) is 3.66. The molecule has 1 saturated heterocycles. The van der Waals surface area contributed by atoms with Crippen molar-refractivity contribution in [1.29, 1.82) is 16.1 Å². The predicted octanol–water partition coefficient (Wildman–Crippen LogP) is 3.08. The fraction of sp³-hybridized carbons (Fsp3) is 0.455. The molecule has 2 aliphatic rings. The molecule has 2 heterocycles. The minimum Gasteiger partial charge on any atom is -0.389 e. The van der Waals surface area contributed by atoms with Gasteiger partial charge in [-0.15, -0.1) is 11.8 Å². The van der Waals surface area contributed by atoms with Crippen molar-refractivity contribution >= 4 is 52.4 Å². The van der Waals surface area contributed by atoms with E-state index in [9.17, 15) is 10.1 Å². The van der Waals surface area contributed by atoms with E-state index in [1.54, 1.807) is 17.2 Å². The third kappa shape index (κ3) is 6.71. The predicted molar refractivity (Wildman–Crippen MR) is 135 cm³/mol. The van der Waals surface area contributed by atoms with Gasteiger partial charge in [0, 0.05) is 37.3 Å². The van der Waals surface area contributed by atoms with Gasteiger partial charge in [-0.2, -0.15) is 10.2 Å². The fourth-order valence-electron chi connectivity index (χ4n) is 3.46. The first-order valence-electron chi connectivity index (χ1n) is 11.1. The van der Waals surface area contributed by atoms with Gasteiger partial charge in [0.25, 0.3) is 5.91 Å². The second-order valence-electron chi connectivity index (χ2n) is 8.02. The largest absolute Gasteiger partial charge is 0.389 e. The van der Waals surface area contributed by atoms with Crippen LogP contribution < -0.4 is 16.4 Å². The van der Waals surface area contributed by atoms with E-state index in [1.807, 2.05) is 6.92 Å². The minimum atomic E-state index is -0.273. The van der Waals surface area contributed by atoms with Crippen LogP contribution in [0, 0.1) is 28.1 Å². The number of nitrogens with zero attached hydrogens (tertiary/aromatic N) is 4. The average molecular weight is 502 g/mol. The maximum absolute atomic E-state index is 12.9. The molecule has 0 bridgehead atoms. The summed E-state index contributed by atoms with van der Waals surface area (Å²) in [5, 5.41) is 31.0. The molecule has 1 aromatic heterocycles. The number of carbonyl (C=O) groups excluding carboxylic acids is 1. The molecule has 10 nitrogen and oxygen atoms in total. The number of piperidine rings is 1. The zero-order valence-electron chi connectivity index (χ0n) is 18.9. The van der Waals surface area contributed by atoms with Gasteiger partial charge in [0.2, 0.25) is 5.95 Å². The van der Waals surface area contributed by atoms with Gasteiger partial charge >= 0.3 is 0 Å². The van der Waals surface area contributed by atoms with Crippen molar-refractivity contribution in [3.63, 3.8) is 0 Å². The van der Waals surface area contributed by atoms with Crippen LogP contribution >= 0.6 is 23.4 Å². The monoisotopic (exact) mass is 501 g/mol. The fourth-order valence-corrected chi connectivity index (χ4v) is 5.02. The maximum Gasteiger partial charge on any atom is 0.264 e. The van der Waals surface area contributed by atoms with Crippen LogP contribution in [-0.2, 0) is 4.79 Å². The zero-order chi connectivity index (χ0) is 24.7. The molecule has 6 N–H and O–H groups in total. The molecule has 34 heavy (non-hydrogen) atoms. The van der Waals surface area contributed by atoms with Crippen molar-refractivity contribution in [2.75, 3.05) is 30.7 Å². The van der Waals surface area contributed by atoms with Crippen LogP contribution in [0.4, 0.5) is 11.8 Å². The van der Waals surface area contributed by atoms with Crippen LogP contribution in [0.1, 0.15) is 38.2 Å². The first-order valence-corrected chi connectivity index (χ1v) is 12.3. The van der Waals surface area contributed by atoms with Crippen molar-refractivity contribution in [2.45, 2.75) is 42.9 Å². The topological polar surface area (TPSA) is 168 Å². The lowest BCUT2D eigenvalue weighted by Gasteiger charge is -2.32. The third-order valence-electron chi connectivity index (χ3n) is 5.32. The number of nitrogen functional groups attached to an aromatic ring is 1. The molecule has 0 aromatic carbocycles. The highest BCUT2D eigenvalue weighted by Crippen LogP contribution is 2.35. The molecule has 1 aliphatic carbocycles. The summed E-state index contributed by atoms with van der Waals surface area (Å²) in [6, 6.07) is 2.06. The minimum absolute atomic E-state index is 0.0185. The number of hydrogen-bond donors (Lipinski definition) is 5. The second kappa shape index (κ2) is 11.9. The smallest absolute Gasteiger partial charge is 0.264 e. The van der Waals surface area contributed by atoms with Crippen LogP contribution in [0.2, 0.25) is 0 Å². The van der Waals surface area contributed by atoms with Crippen LogP contribution in [0.3, 0.4) is 0 Å². The number of carbonyl (C=O) groups is 1. The van der Waals surface area contributed by atoms with Crippen molar-refractivity contribution in [3.05, 3.63) is 29.1 Å². The van der Waals surface area contributed by atoms with Crippen LogP contribution in [0.25, 0.3) is 0 Å². The molecule has 0 radical (unpaired) electrons. The number of likely N-dealkylation sites (tertiary alicyclic amines) is 1. The number of amides is 1. The Hall–Kier alpha value is -3.10. The summed E-state index contributed by atoms with van der Waals surface area (Å²) < 4.78 is 0. The van der Waals surface area contributed by atoms with Crippen LogP contribution in [0.5, 0.6) is 0 Å². The van der Waals surface area contributed by atoms with E-state index in [2.05, 4.69) is 26.7 Å². The number of hydrogen-bond acceptors (Lipinski definition) is 10. The number of anilines is 2. The van der Waals surface area contributed by atoms with E-state index in [1.165, 1.54) is 11.8 Å². The van der Waals surface area contributed by atoms with Crippen molar-refractivity contribution in [1.82, 2.24) is 20.2 Å². The first kappa shape index (κ1) is 25.5. The second-order valence-corrected chi connectivity index (χ2v) is 9.68. The molecule has 2 fully saturated rings. The van der Waals surface area contributed by atoms with Crippen LogP contribution in [-0.4, -0.2) is 57.0 Å². The van der Waals surface area contributed by atoms with E-state index >= 15 is 0 Å². The van der Waals surface area contributed by atoms with E-state index in [4.69, 9.17) is 28.2 Å². The standard InChI is InChI=1S/C22H28ClN9OS/c1-2-28-11-15(10-25)29-22-30-19(27)17(18(23)26)20(31-22)34-16-4-3-7-32(12-16)21(33)14(9-24)8-13-5-6-13/h8,10-11,13,16,25-26,28H,2-7,12H2,1H3,(H3,27,29,30,31)/b14-8+,15-11+,25-10?,26-18?/t16-/m1/s1. The van der Waals surface area contributed by atoms with Crippen molar-refractivity contribution in [2.24, 2.45) is 5.92 Å². The number of nitriles is 1. The summed E-state index contributed by atoms with van der Waals surface area (Å²) in [5.74, 6) is 0.333. The zero-order valence-corrected chi connectivity index (χ0v) is 20.5. The summed E-state index contributed by atoms with van der Waals surface area (Å²) in [7, 11) is 0. The van der Waals surface area contributed by atoms with Gasteiger partial charge in [0.15, 0.2) is 0 Å². The lowest BCUT2D eigenvalue weighted by molar-refractivity contribution is -0.127. The molecule has 12 heteroatoms. The van der Waals surface area contributed by atoms with Gasteiger partial charge in [0.05, 0.1) is 11.3 Å². The summed E-state index contributed by atoms with van der Waals surface area (Å²) in [5.41, 5.74) is 6.98. The van der Waals surface area contributed by atoms with Gasteiger partial charge in [-0.1, -0.05) is 17.7 Å². The normalized spacial score (nSPS) is 18.7. The SMILES string of the molecule is CCN/C=C(\C=N)Nc1nc(N)c(C(=N)Cl)c(S[C@@H]2CCCN(C(=O)/C(C#N)=C/C3CC3)C2)n1. The van der Waals surface area contributed by atoms with Crippen LogP contribution in [0.15, 0.2) is 28.6 Å². The molecule has 3 rings (SSSR count). The molecule has 1 atom stereocenters. The highest BCUT2D eigenvalue weighted by molar-refractivity contribution is 8.00. The molecule has 180 valence electrons. The van der Waals surface area contributed by atoms with Gasteiger partial charge in [-0.05, 0) is 38.5 Å². The maximum atomic E-state index is 12.9. The number of allylic oxidation sites excluding steroid dienone is 2. The molecule has 1 saturated carbocycles. The van der Waals surface area contributed by atoms with Gasteiger partial charge < -0.3 is 26.7 Å². The van der Waals surface area contributed by atoms with E-state index in [0.29, 0.717) is 36.3 Å². The summed E-state index contributed by atoms with van der Waals surface area (Å²) >= 11 is 7.39. The number of nitrogens with two attached hydrogens (primary N) is 1. The molecule has 0 unspecified atom stereocenters. The Balaban J connectivity index is 1.80. The summed E-state index contributed by atoms with van der Waals surface area (Å²) in [4.78, 5) is 23.3. The number of nitrogens with one attached hydrogen (secondary N) is 4. The van der Waals surface area contributed by atoms with Gasteiger partial charge in [0.1, 0.15) is 27.7 Å². The number of halogens is 1. The lowest BCUT2D eigenvalue weighted by Crippen LogP contribution is -2.41. The summed E-state index contributed by atoms with van der Waals surface area (Å²) in [6.07, 6.45) is 8.21. The van der Waals surface area contributed by atoms with Crippen molar-refractivity contribution in [3.8, 4) is 6.07 Å². The Morgan fingerprint density at radius 3 is 2.79 bits per heavy atom. The Labute approximate surface area is 208 Å². The third-order valence-corrected chi connectivity index (χ3v) is 6.74. The quantitative estimate of drug-likeness (QED) is 0.141. The lowest BCUT2D eigenvalue weighted by atomic mass is 10.1. The first-order chi connectivity index (χ1) is 16.4. The van der Waals surface area contributed by atoms with E-state index in [0.717, 1.165) is 31.9 Å².